The summed E-state index contributed by atoms with van der Waals surface area (Å²) in [6.07, 6.45) is 15.8. The number of hydrogen-bond acceptors (Lipinski definition) is 1. The molecule has 0 spiro atoms. The van der Waals surface area contributed by atoms with Gasteiger partial charge in [-0.05, 0) is 62.5 Å². The van der Waals surface area contributed by atoms with Crippen LogP contribution in [0.1, 0.15) is 11.7 Å². The summed E-state index contributed by atoms with van der Waals surface area (Å²) in [6.45, 7) is 6.93. The monoisotopic (exact) mass is 364 g/mol. The van der Waals surface area contributed by atoms with Gasteiger partial charge in [0.15, 0.2) is 0 Å². The zero-order chi connectivity index (χ0) is 16.0. The van der Waals surface area contributed by atoms with Gasteiger partial charge in [0.25, 0.3) is 0 Å². The van der Waals surface area contributed by atoms with Crippen LogP contribution < -0.4 is 0 Å². The standard InChI is InChI=1S/C15H19OSi.C5H5.Fe/c1-17(2,3)14-11-7-10-13(14)15(16)12-8-5-4-6-9-12;1-2-4-5-3-1;/h4-11,15-16H,1-3H3;1-5H;/q;;+2/t15-;;/m1../s1. The first-order chi connectivity index (χ1) is 10.5. The Hall–Kier alpha value is -0.0836. The smallest absolute Gasteiger partial charge is 0.388 e. The van der Waals surface area contributed by atoms with Gasteiger partial charge in [-0.15, -0.1) is 0 Å². The third-order valence-electron chi connectivity index (χ3n) is 3.62. The molecule has 0 bridgehead atoms. The molecule has 120 valence electrons. The van der Waals surface area contributed by atoms with Gasteiger partial charge in [-0.1, -0.05) is 50.0 Å². The van der Waals surface area contributed by atoms with E-state index in [1.807, 2.05) is 68.9 Å². The van der Waals surface area contributed by atoms with E-state index in [4.69, 9.17) is 0 Å². The quantitative estimate of drug-likeness (QED) is 0.789. The number of aliphatic hydroxyl groups is 1. The van der Waals surface area contributed by atoms with Crippen LogP contribution in [-0.2, 0) is 17.1 Å². The molecule has 23 heavy (non-hydrogen) atoms. The van der Waals surface area contributed by atoms with Crippen molar-refractivity contribution in [1.29, 1.82) is 0 Å². The Bertz CT molecular complexity index is 417. The zero-order valence-electron chi connectivity index (χ0n) is 13.9. The fourth-order valence-electron chi connectivity index (χ4n) is 2.49. The number of hydrogen-bond donors (Lipinski definition) is 1. The van der Waals surface area contributed by atoms with Crippen LogP contribution in [0.5, 0.6) is 0 Å². The molecule has 0 aliphatic heterocycles. The number of aliphatic hydroxyl groups excluding tert-OH is 1. The van der Waals surface area contributed by atoms with Crippen molar-refractivity contribution >= 4 is 8.07 Å². The van der Waals surface area contributed by atoms with Gasteiger partial charge in [-0.2, -0.15) is 0 Å². The molecule has 1 nitrogen and oxygen atoms in total. The van der Waals surface area contributed by atoms with Crippen LogP contribution in [0.3, 0.4) is 0 Å². The van der Waals surface area contributed by atoms with Crippen molar-refractivity contribution in [2.45, 2.75) is 25.7 Å². The first-order valence-electron chi connectivity index (χ1n) is 7.66. The van der Waals surface area contributed by atoms with Crippen molar-refractivity contribution in [1.82, 2.24) is 0 Å². The van der Waals surface area contributed by atoms with E-state index in [1.54, 1.807) is 0 Å². The molecule has 1 aromatic rings. The second kappa shape index (κ2) is 10.0. The predicted octanol–water partition coefficient (Wildman–Crippen LogP) is 4.39. The van der Waals surface area contributed by atoms with E-state index in [-0.39, 0.29) is 17.1 Å². The third-order valence-corrected chi connectivity index (χ3v) is 5.69. The molecule has 3 rings (SSSR count). The van der Waals surface area contributed by atoms with E-state index in [2.05, 4.69) is 32.5 Å². The molecule has 0 heterocycles. The van der Waals surface area contributed by atoms with E-state index >= 15 is 0 Å². The summed E-state index contributed by atoms with van der Waals surface area (Å²) in [4.78, 5) is 0. The van der Waals surface area contributed by atoms with Gasteiger partial charge in [0, 0.05) is 5.92 Å². The summed E-state index contributed by atoms with van der Waals surface area (Å²) in [7, 11) is -1.38. The molecule has 1 atom stereocenters. The van der Waals surface area contributed by atoms with Gasteiger partial charge in [0.1, 0.15) is 0 Å². The van der Waals surface area contributed by atoms with Gasteiger partial charge < -0.3 is 5.11 Å². The van der Waals surface area contributed by atoms with Crippen LogP contribution in [0.2, 0.25) is 19.6 Å². The SMILES string of the molecule is C[Si](C)(C)[C]1[CH][CH][CH][C]1[C@H](O)c1ccccc1.[CH]1[CH][CH][CH][CH]1.[Fe+2]. The Morgan fingerprint density at radius 3 is 1.78 bits per heavy atom. The van der Waals surface area contributed by atoms with E-state index in [9.17, 15) is 5.11 Å². The summed E-state index contributed by atoms with van der Waals surface area (Å²) in [6, 6.07) is 9.86. The van der Waals surface area contributed by atoms with Crippen molar-refractivity contribution in [3.8, 4) is 0 Å². The Balaban J connectivity index is 0.000000377. The summed E-state index contributed by atoms with van der Waals surface area (Å²) >= 11 is 0. The molecule has 2 aliphatic rings. The Labute approximate surface area is 154 Å². The number of benzene rings is 1. The molecular weight excluding hydrogens is 340 g/mol. The zero-order valence-corrected chi connectivity index (χ0v) is 16.0. The van der Waals surface area contributed by atoms with Crippen LogP contribution >= 0.6 is 0 Å². The number of rotatable bonds is 3. The molecule has 2 aliphatic carbocycles. The summed E-state index contributed by atoms with van der Waals surface area (Å²) in [5.41, 5.74) is 2.33. The maximum absolute atomic E-state index is 10.4. The topological polar surface area (TPSA) is 20.2 Å². The molecule has 2 fully saturated rings. The first kappa shape index (κ1) is 21.0. The van der Waals surface area contributed by atoms with Crippen LogP contribution in [0.4, 0.5) is 0 Å². The van der Waals surface area contributed by atoms with Crippen LogP contribution in [0, 0.1) is 62.8 Å². The summed E-state index contributed by atoms with van der Waals surface area (Å²) in [5.74, 6) is 1.08. The largest absolute Gasteiger partial charge is 2.00 e. The van der Waals surface area contributed by atoms with Gasteiger partial charge in [0.2, 0.25) is 0 Å². The average molecular weight is 364 g/mol. The van der Waals surface area contributed by atoms with Crippen molar-refractivity contribution < 1.29 is 22.2 Å². The fraction of sp³-hybridized carbons (Fsp3) is 0.200. The van der Waals surface area contributed by atoms with Gasteiger partial charge in [-0.3, -0.25) is 0 Å². The molecule has 0 amide bonds. The molecule has 0 aromatic heterocycles. The van der Waals surface area contributed by atoms with Crippen LogP contribution in [0.25, 0.3) is 0 Å². The van der Waals surface area contributed by atoms with Gasteiger partial charge >= 0.3 is 17.1 Å². The van der Waals surface area contributed by atoms with Gasteiger partial charge in [-0.25, -0.2) is 0 Å². The van der Waals surface area contributed by atoms with Crippen molar-refractivity contribution in [3.05, 3.63) is 98.7 Å². The van der Waals surface area contributed by atoms with Crippen molar-refractivity contribution in [3.63, 3.8) is 0 Å². The Morgan fingerprint density at radius 1 is 0.783 bits per heavy atom. The van der Waals surface area contributed by atoms with Gasteiger partial charge in [0.05, 0.1) is 14.2 Å². The van der Waals surface area contributed by atoms with Crippen LogP contribution in [0.15, 0.2) is 30.3 Å². The molecule has 3 heteroatoms. The van der Waals surface area contributed by atoms with Crippen molar-refractivity contribution in [2.24, 2.45) is 0 Å². The minimum absolute atomic E-state index is 0. The van der Waals surface area contributed by atoms with E-state index < -0.39 is 14.2 Å². The molecule has 10 radical (unpaired) electrons. The van der Waals surface area contributed by atoms with Crippen LogP contribution in [-0.4, -0.2) is 13.2 Å². The first-order valence-corrected chi connectivity index (χ1v) is 11.2. The Kier molecular flexibility index (Phi) is 9.14. The average Bonchev–Trinajstić information content (AvgIpc) is 3.20. The van der Waals surface area contributed by atoms with E-state index in [0.717, 1.165) is 11.5 Å². The molecule has 1 aromatic carbocycles. The molecule has 2 saturated carbocycles. The molecule has 0 unspecified atom stereocenters. The maximum atomic E-state index is 10.4. The fourth-order valence-corrected chi connectivity index (χ4v) is 4.17. The van der Waals surface area contributed by atoms with E-state index in [0.29, 0.717) is 0 Å². The summed E-state index contributed by atoms with van der Waals surface area (Å²) in [5, 5.41) is 10.4. The maximum Gasteiger partial charge on any atom is 2.00 e. The van der Waals surface area contributed by atoms with E-state index in [1.165, 1.54) is 5.54 Å². The molecule has 0 saturated heterocycles. The molecular formula is C20H24FeOSi+2. The normalized spacial score (nSPS) is 20.5. The minimum atomic E-state index is -1.38. The minimum Gasteiger partial charge on any atom is -0.388 e. The summed E-state index contributed by atoms with van der Waals surface area (Å²) < 4.78 is 0. The molecule has 1 N–H and O–H groups in total. The van der Waals surface area contributed by atoms with Crippen molar-refractivity contribution in [2.75, 3.05) is 0 Å². The Morgan fingerprint density at radius 2 is 1.30 bits per heavy atom. The third kappa shape index (κ3) is 6.38. The second-order valence-electron chi connectivity index (χ2n) is 6.42. The predicted molar refractivity (Wildman–Crippen MR) is 95.6 cm³/mol. The second-order valence-corrected chi connectivity index (χ2v) is 11.5.